The minimum Gasteiger partial charge on any atom is -0.461 e. The minimum atomic E-state index is -0.0856. The summed E-state index contributed by atoms with van der Waals surface area (Å²) < 4.78 is 5.22. The van der Waals surface area contributed by atoms with Crippen molar-refractivity contribution in [1.29, 1.82) is 0 Å². The minimum absolute atomic E-state index is 0.0856. The van der Waals surface area contributed by atoms with Gasteiger partial charge in [0.25, 0.3) is 0 Å². The number of ether oxygens (including phenoxy) is 1. The molecule has 0 bridgehead atoms. The molecule has 1 aromatic carbocycles. The summed E-state index contributed by atoms with van der Waals surface area (Å²) in [7, 11) is 0. The van der Waals surface area contributed by atoms with Gasteiger partial charge in [-0.15, -0.1) is 0 Å². The summed E-state index contributed by atoms with van der Waals surface area (Å²) in [6.07, 6.45) is 1.63. The number of rotatable bonds is 4. The molecule has 0 radical (unpaired) electrons. The molecular weight excluding hydrogens is 202 g/mol. The number of esters is 1. The molecule has 0 amide bonds. The summed E-state index contributed by atoms with van der Waals surface area (Å²) in [5.41, 5.74) is 1.04. The number of carbonyl (C=O) groups excluding carboxylic acids is 1. The predicted octanol–water partition coefficient (Wildman–Crippen LogP) is 1.73. The Morgan fingerprint density at radius 2 is 2.19 bits per heavy atom. The largest absolute Gasteiger partial charge is 0.461 e. The van der Waals surface area contributed by atoms with Gasteiger partial charge in [0.2, 0.25) is 0 Å². The zero-order chi connectivity index (χ0) is 11.2. The van der Waals surface area contributed by atoms with E-state index in [1.54, 1.807) is 0 Å². The topological polar surface area (TPSA) is 38.3 Å². The lowest BCUT2D eigenvalue weighted by molar-refractivity contribution is -0.145. The fourth-order valence-electron chi connectivity index (χ4n) is 1.92. The quantitative estimate of drug-likeness (QED) is 0.784. The van der Waals surface area contributed by atoms with E-state index in [1.807, 2.05) is 30.3 Å². The van der Waals surface area contributed by atoms with Crippen LogP contribution in [0, 0.1) is 5.92 Å². The summed E-state index contributed by atoms with van der Waals surface area (Å²) in [5.74, 6) is 0.376. The molecule has 0 spiro atoms. The number of hydrogen-bond donors (Lipinski definition) is 1. The summed E-state index contributed by atoms with van der Waals surface area (Å²) >= 11 is 0. The van der Waals surface area contributed by atoms with Gasteiger partial charge in [-0.25, -0.2) is 0 Å². The van der Waals surface area contributed by atoms with E-state index in [-0.39, 0.29) is 5.97 Å². The van der Waals surface area contributed by atoms with Gasteiger partial charge in [0, 0.05) is 6.42 Å². The lowest BCUT2D eigenvalue weighted by Crippen LogP contribution is -2.14. The van der Waals surface area contributed by atoms with Crippen LogP contribution in [0.2, 0.25) is 0 Å². The van der Waals surface area contributed by atoms with E-state index < -0.39 is 0 Å². The highest BCUT2D eigenvalue weighted by molar-refractivity contribution is 5.69. The van der Waals surface area contributed by atoms with Crippen LogP contribution in [0.1, 0.15) is 18.4 Å². The molecule has 1 aromatic rings. The molecule has 1 fully saturated rings. The molecule has 1 unspecified atom stereocenters. The van der Waals surface area contributed by atoms with Gasteiger partial charge in [-0.05, 0) is 31.0 Å². The summed E-state index contributed by atoms with van der Waals surface area (Å²) in [6, 6.07) is 9.78. The molecule has 1 saturated heterocycles. The standard InChI is InChI=1S/C13H17NO2/c15-13(8-12-6-7-14-9-12)16-10-11-4-2-1-3-5-11/h1-5,12,14H,6-10H2. The second kappa shape index (κ2) is 5.66. The Hall–Kier alpha value is -1.35. The first kappa shape index (κ1) is 11.1. The summed E-state index contributed by atoms with van der Waals surface area (Å²) in [6.45, 7) is 2.36. The molecule has 3 heteroatoms. The fourth-order valence-corrected chi connectivity index (χ4v) is 1.92. The van der Waals surface area contributed by atoms with Gasteiger partial charge in [-0.2, -0.15) is 0 Å². The van der Waals surface area contributed by atoms with Crippen molar-refractivity contribution in [3.63, 3.8) is 0 Å². The van der Waals surface area contributed by atoms with Gasteiger partial charge < -0.3 is 10.1 Å². The van der Waals surface area contributed by atoms with Crippen LogP contribution >= 0.6 is 0 Å². The Morgan fingerprint density at radius 1 is 1.38 bits per heavy atom. The molecule has 1 N–H and O–H groups in total. The predicted molar refractivity (Wildman–Crippen MR) is 61.8 cm³/mol. The van der Waals surface area contributed by atoms with Gasteiger partial charge in [0.05, 0.1) is 0 Å². The molecule has 2 rings (SSSR count). The maximum Gasteiger partial charge on any atom is 0.306 e. The van der Waals surface area contributed by atoms with Gasteiger partial charge in [0.15, 0.2) is 0 Å². The number of carbonyl (C=O) groups is 1. The van der Waals surface area contributed by atoms with Crippen molar-refractivity contribution >= 4 is 5.97 Å². The first-order valence-electron chi connectivity index (χ1n) is 5.75. The van der Waals surface area contributed by atoms with Crippen LogP contribution in [-0.2, 0) is 16.1 Å². The first-order valence-corrected chi connectivity index (χ1v) is 5.75. The second-order valence-corrected chi connectivity index (χ2v) is 4.21. The smallest absolute Gasteiger partial charge is 0.306 e. The maximum absolute atomic E-state index is 11.5. The third-order valence-corrected chi connectivity index (χ3v) is 2.86. The Balaban J connectivity index is 1.71. The highest BCUT2D eigenvalue weighted by Crippen LogP contribution is 2.13. The van der Waals surface area contributed by atoms with Crippen LogP contribution < -0.4 is 5.32 Å². The number of hydrogen-bond acceptors (Lipinski definition) is 3. The van der Waals surface area contributed by atoms with E-state index in [9.17, 15) is 4.79 Å². The zero-order valence-corrected chi connectivity index (χ0v) is 9.32. The molecule has 0 saturated carbocycles. The van der Waals surface area contributed by atoms with Gasteiger partial charge in [-0.1, -0.05) is 30.3 Å². The van der Waals surface area contributed by atoms with E-state index in [1.165, 1.54) is 0 Å². The summed E-state index contributed by atoms with van der Waals surface area (Å²) in [5, 5.41) is 3.24. The van der Waals surface area contributed by atoms with Crippen molar-refractivity contribution in [3.8, 4) is 0 Å². The third kappa shape index (κ3) is 3.35. The lowest BCUT2D eigenvalue weighted by Gasteiger charge is -2.08. The molecule has 1 aliphatic rings. The first-order chi connectivity index (χ1) is 7.84. The van der Waals surface area contributed by atoms with Gasteiger partial charge in [0.1, 0.15) is 6.61 Å². The van der Waals surface area contributed by atoms with E-state index in [2.05, 4.69) is 5.32 Å². The van der Waals surface area contributed by atoms with Crippen LogP contribution in [0.15, 0.2) is 30.3 Å². The molecule has 0 aliphatic carbocycles. The molecule has 1 aliphatic heterocycles. The van der Waals surface area contributed by atoms with Gasteiger partial charge >= 0.3 is 5.97 Å². The van der Waals surface area contributed by atoms with Crippen LogP contribution in [0.4, 0.5) is 0 Å². The Bertz CT molecular complexity index is 331. The molecule has 3 nitrogen and oxygen atoms in total. The number of benzene rings is 1. The van der Waals surface area contributed by atoms with Crippen molar-refractivity contribution in [2.75, 3.05) is 13.1 Å². The van der Waals surface area contributed by atoms with Gasteiger partial charge in [-0.3, -0.25) is 4.79 Å². The monoisotopic (exact) mass is 219 g/mol. The average molecular weight is 219 g/mol. The van der Waals surface area contributed by atoms with Crippen LogP contribution in [0.3, 0.4) is 0 Å². The van der Waals surface area contributed by atoms with Crippen LogP contribution in [0.5, 0.6) is 0 Å². The Morgan fingerprint density at radius 3 is 2.88 bits per heavy atom. The molecular formula is C13H17NO2. The Kier molecular flexibility index (Phi) is 3.94. The maximum atomic E-state index is 11.5. The molecule has 1 heterocycles. The molecule has 16 heavy (non-hydrogen) atoms. The van der Waals surface area contributed by atoms with Crippen molar-refractivity contribution in [2.24, 2.45) is 5.92 Å². The third-order valence-electron chi connectivity index (χ3n) is 2.86. The van der Waals surface area contributed by atoms with E-state index >= 15 is 0 Å². The van der Waals surface area contributed by atoms with E-state index in [4.69, 9.17) is 4.74 Å². The average Bonchev–Trinajstić information content (AvgIpc) is 2.81. The van der Waals surface area contributed by atoms with E-state index in [0.29, 0.717) is 18.9 Å². The molecule has 1 atom stereocenters. The zero-order valence-electron chi connectivity index (χ0n) is 9.32. The van der Waals surface area contributed by atoms with Crippen molar-refractivity contribution in [1.82, 2.24) is 5.32 Å². The van der Waals surface area contributed by atoms with Crippen molar-refractivity contribution < 1.29 is 9.53 Å². The SMILES string of the molecule is O=C(CC1CCNC1)OCc1ccccc1. The second-order valence-electron chi connectivity index (χ2n) is 4.21. The molecule has 0 aromatic heterocycles. The number of nitrogens with one attached hydrogen (secondary N) is 1. The lowest BCUT2D eigenvalue weighted by atomic mass is 10.1. The van der Waals surface area contributed by atoms with Crippen LogP contribution in [-0.4, -0.2) is 19.1 Å². The fraction of sp³-hybridized carbons (Fsp3) is 0.462. The van der Waals surface area contributed by atoms with Crippen molar-refractivity contribution in [2.45, 2.75) is 19.4 Å². The molecule has 86 valence electrons. The van der Waals surface area contributed by atoms with E-state index in [0.717, 1.165) is 25.1 Å². The highest BCUT2D eigenvalue weighted by Gasteiger charge is 2.18. The Labute approximate surface area is 95.8 Å². The normalized spacial score (nSPS) is 19.6. The summed E-state index contributed by atoms with van der Waals surface area (Å²) in [4.78, 5) is 11.5. The van der Waals surface area contributed by atoms with Crippen molar-refractivity contribution in [3.05, 3.63) is 35.9 Å². The highest BCUT2D eigenvalue weighted by atomic mass is 16.5. The van der Waals surface area contributed by atoms with Crippen LogP contribution in [0.25, 0.3) is 0 Å².